The normalized spacial score (nSPS) is 10.6. The van der Waals surface area contributed by atoms with E-state index >= 15 is 0 Å². The molecule has 0 fully saturated rings. The first-order valence-electron chi connectivity index (χ1n) is 7.68. The molecule has 1 N–H and O–H groups in total. The molecule has 0 aliphatic rings. The zero-order chi connectivity index (χ0) is 19.8. The maximum atomic E-state index is 12.0. The molecule has 0 aromatic heterocycles. The summed E-state index contributed by atoms with van der Waals surface area (Å²) in [5.74, 6) is 1.74. The van der Waals surface area contributed by atoms with Crippen LogP contribution in [0.5, 0.6) is 23.0 Å². The fourth-order valence-electron chi connectivity index (χ4n) is 2.10. The van der Waals surface area contributed by atoms with E-state index in [1.54, 1.807) is 44.6 Å². The molecule has 7 nitrogen and oxygen atoms in total. The number of nitrogens with one attached hydrogen (secondary N) is 1. The third-order valence-corrected chi connectivity index (χ3v) is 4.42. The summed E-state index contributed by atoms with van der Waals surface area (Å²) >= 11 is 6.74. The molecule has 0 aliphatic heterocycles. The highest BCUT2D eigenvalue weighted by Crippen LogP contribution is 2.38. The molecule has 0 radical (unpaired) electrons. The molecule has 2 aromatic carbocycles. The molecule has 27 heavy (non-hydrogen) atoms. The van der Waals surface area contributed by atoms with Crippen LogP contribution in [-0.2, 0) is 4.79 Å². The first-order chi connectivity index (χ1) is 13.0. The van der Waals surface area contributed by atoms with E-state index in [0.29, 0.717) is 33.0 Å². The minimum atomic E-state index is -0.421. The lowest BCUT2D eigenvalue weighted by Crippen LogP contribution is -2.24. The van der Waals surface area contributed by atoms with E-state index in [0.717, 1.165) is 4.47 Å². The van der Waals surface area contributed by atoms with Crippen molar-refractivity contribution in [3.05, 3.63) is 44.8 Å². The van der Waals surface area contributed by atoms with Crippen molar-refractivity contribution in [1.82, 2.24) is 5.43 Å². The predicted octanol–water partition coefficient (Wildman–Crippen LogP) is 3.77. The molecule has 2 aromatic rings. The van der Waals surface area contributed by atoms with Gasteiger partial charge in [0.1, 0.15) is 11.5 Å². The van der Waals surface area contributed by atoms with Crippen LogP contribution in [0.15, 0.2) is 44.4 Å². The molecule has 0 atom stereocenters. The first-order valence-corrected chi connectivity index (χ1v) is 9.26. The van der Waals surface area contributed by atoms with Crippen LogP contribution in [0.2, 0.25) is 0 Å². The van der Waals surface area contributed by atoms with Crippen molar-refractivity contribution >= 4 is 44.0 Å². The Bertz CT molecular complexity index is 843. The summed E-state index contributed by atoms with van der Waals surface area (Å²) in [6.45, 7) is -0.228. The van der Waals surface area contributed by atoms with E-state index in [1.165, 1.54) is 13.3 Å². The number of methoxy groups -OCH3 is 3. The van der Waals surface area contributed by atoms with Crippen molar-refractivity contribution in [1.29, 1.82) is 0 Å². The van der Waals surface area contributed by atoms with Crippen LogP contribution < -0.4 is 24.4 Å². The fourth-order valence-corrected chi connectivity index (χ4v) is 3.40. The van der Waals surface area contributed by atoms with Crippen LogP contribution in [0, 0.1) is 0 Å². The summed E-state index contributed by atoms with van der Waals surface area (Å²) < 4.78 is 22.7. The number of hydrogen-bond donors (Lipinski definition) is 1. The van der Waals surface area contributed by atoms with Crippen LogP contribution in [0.1, 0.15) is 5.56 Å². The van der Waals surface area contributed by atoms with Crippen molar-refractivity contribution < 1.29 is 23.7 Å². The molecule has 144 valence electrons. The Balaban J connectivity index is 1.97. The van der Waals surface area contributed by atoms with E-state index in [1.807, 2.05) is 0 Å². The lowest BCUT2D eigenvalue weighted by atomic mass is 10.2. The largest absolute Gasteiger partial charge is 0.497 e. The summed E-state index contributed by atoms with van der Waals surface area (Å²) in [4.78, 5) is 12.0. The van der Waals surface area contributed by atoms with Crippen LogP contribution >= 0.6 is 31.9 Å². The molecule has 0 saturated heterocycles. The van der Waals surface area contributed by atoms with E-state index in [9.17, 15) is 4.79 Å². The number of carbonyl (C=O) groups excluding carboxylic acids is 1. The van der Waals surface area contributed by atoms with Crippen LogP contribution in [-0.4, -0.2) is 40.1 Å². The summed E-state index contributed by atoms with van der Waals surface area (Å²) in [6, 6.07) is 8.80. The van der Waals surface area contributed by atoms with Gasteiger partial charge in [0.15, 0.2) is 18.1 Å². The molecule has 0 aliphatic carbocycles. The van der Waals surface area contributed by atoms with Gasteiger partial charge >= 0.3 is 0 Å². The number of carbonyl (C=O) groups is 1. The van der Waals surface area contributed by atoms with Crippen molar-refractivity contribution in [3.8, 4) is 23.0 Å². The van der Waals surface area contributed by atoms with Gasteiger partial charge in [0, 0.05) is 16.1 Å². The van der Waals surface area contributed by atoms with Gasteiger partial charge in [0.05, 0.1) is 32.0 Å². The molecule has 0 saturated carbocycles. The predicted molar refractivity (Wildman–Crippen MR) is 109 cm³/mol. The molecule has 0 heterocycles. The number of halogens is 2. The minimum Gasteiger partial charge on any atom is -0.497 e. The number of hydrazone groups is 1. The highest BCUT2D eigenvalue weighted by atomic mass is 79.9. The third kappa shape index (κ3) is 5.86. The molecule has 2 rings (SSSR count). The van der Waals surface area contributed by atoms with Crippen molar-refractivity contribution in [2.24, 2.45) is 5.10 Å². The SMILES string of the molecule is COc1ccc(C=NNC(=O)COc2c(Br)cc(Br)cc2OC)c(OC)c1. The van der Waals surface area contributed by atoms with Gasteiger partial charge in [-0.05, 0) is 40.2 Å². The fraction of sp³-hybridized carbons (Fsp3) is 0.222. The molecule has 0 bridgehead atoms. The van der Waals surface area contributed by atoms with Crippen molar-refractivity contribution in [3.63, 3.8) is 0 Å². The molecular formula is C18H18Br2N2O5. The molecule has 0 unspecified atom stereocenters. The van der Waals surface area contributed by atoms with E-state index in [2.05, 4.69) is 42.4 Å². The topological polar surface area (TPSA) is 78.4 Å². The Morgan fingerprint density at radius 2 is 1.81 bits per heavy atom. The zero-order valence-corrected chi connectivity index (χ0v) is 18.1. The van der Waals surface area contributed by atoms with Gasteiger partial charge in [0.25, 0.3) is 5.91 Å². The maximum absolute atomic E-state index is 12.0. The number of amides is 1. The lowest BCUT2D eigenvalue weighted by Gasteiger charge is -2.12. The lowest BCUT2D eigenvalue weighted by molar-refractivity contribution is -0.123. The van der Waals surface area contributed by atoms with Crippen LogP contribution in [0.25, 0.3) is 0 Å². The number of nitrogens with zero attached hydrogens (tertiary/aromatic N) is 1. The van der Waals surface area contributed by atoms with Gasteiger partial charge in [-0.2, -0.15) is 5.10 Å². The van der Waals surface area contributed by atoms with Gasteiger partial charge < -0.3 is 18.9 Å². The third-order valence-electron chi connectivity index (χ3n) is 3.38. The van der Waals surface area contributed by atoms with Crippen LogP contribution in [0.4, 0.5) is 0 Å². The van der Waals surface area contributed by atoms with E-state index in [-0.39, 0.29) is 6.61 Å². The highest BCUT2D eigenvalue weighted by molar-refractivity contribution is 9.11. The summed E-state index contributed by atoms with van der Waals surface area (Å²) in [6.07, 6.45) is 1.48. The van der Waals surface area contributed by atoms with Crippen molar-refractivity contribution in [2.75, 3.05) is 27.9 Å². The van der Waals surface area contributed by atoms with Gasteiger partial charge in [-0.25, -0.2) is 5.43 Å². The van der Waals surface area contributed by atoms with Gasteiger partial charge in [-0.15, -0.1) is 0 Å². The van der Waals surface area contributed by atoms with Crippen LogP contribution in [0.3, 0.4) is 0 Å². The number of hydrogen-bond acceptors (Lipinski definition) is 6. The summed E-state index contributed by atoms with van der Waals surface area (Å²) in [7, 11) is 4.64. The van der Waals surface area contributed by atoms with Gasteiger partial charge in [-0.1, -0.05) is 15.9 Å². The quantitative estimate of drug-likeness (QED) is 0.440. The summed E-state index contributed by atoms with van der Waals surface area (Å²) in [5, 5.41) is 3.92. The van der Waals surface area contributed by atoms with E-state index < -0.39 is 5.91 Å². The zero-order valence-electron chi connectivity index (χ0n) is 14.9. The number of rotatable bonds is 8. The van der Waals surface area contributed by atoms with E-state index in [4.69, 9.17) is 18.9 Å². The minimum absolute atomic E-state index is 0.228. The average Bonchev–Trinajstić information content (AvgIpc) is 2.66. The van der Waals surface area contributed by atoms with Crippen molar-refractivity contribution in [2.45, 2.75) is 0 Å². The highest BCUT2D eigenvalue weighted by Gasteiger charge is 2.12. The summed E-state index contributed by atoms with van der Waals surface area (Å²) in [5.41, 5.74) is 3.09. The Hall–Kier alpha value is -2.26. The molecule has 0 spiro atoms. The second kappa shape index (κ2) is 10.2. The molecule has 9 heteroatoms. The Morgan fingerprint density at radius 1 is 1.07 bits per heavy atom. The van der Waals surface area contributed by atoms with Gasteiger partial charge in [0.2, 0.25) is 0 Å². The molecular weight excluding hydrogens is 484 g/mol. The van der Waals surface area contributed by atoms with Gasteiger partial charge in [-0.3, -0.25) is 4.79 Å². The second-order valence-electron chi connectivity index (χ2n) is 5.11. The molecule has 1 amide bonds. The number of ether oxygens (including phenoxy) is 4. The average molecular weight is 502 g/mol. The Labute approximate surface area is 173 Å². The first kappa shape index (κ1) is 21.0. The Morgan fingerprint density at radius 3 is 2.48 bits per heavy atom. The number of benzene rings is 2. The monoisotopic (exact) mass is 500 g/mol. The second-order valence-corrected chi connectivity index (χ2v) is 6.88. The standard InChI is InChI=1S/C18H18Br2N2O5/c1-24-13-5-4-11(15(8-13)25-2)9-21-22-17(23)10-27-18-14(20)6-12(19)7-16(18)26-3/h4-9H,10H2,1-3H3,(H,22,23). The smallest absolute Gasteiger partial charge is 0.277 e. The maximum Gasteiger partial charge on any atom is 0.277 e. The Kier molecular flexibility index (Phi) is 7.93.